The van der Waals surface area contributed by atoms with Gasteiger partial charge in [-0.15, -0.1) is 5.10 Å². The molecule has 0 fully saturated rings. The van der Waals surface area contributed by atoms with Crippen molar-refractivity contribution in [2.75, 3.05) is 13.7 Å². The minimum Gasteiger partial charge on any atom is -0.496 e. The highest BCUT2D eigenvalue weighted by molar-refractivity contribution is 5.84. The Bertz CT molecular complexity index is 1060. The minimum atomic E-state index is -0.362. The lowest BCUT2D eigenvalue weighted by molar-refractivity contribution is 0.293. The predicted octanol–water partition coefficient (Wildman–Crippen LogP) is 2.05. The van der Waals surface area contributed by atoms with Crippen LogP contribution in [0.4, 0.5) is 5.69 Å². The van der Waals surface area contributed by atoms with E-state index in [4.69, 9.17) is 20.9 Å². The van der Waals surface area contributed by atoms with E-state index >= 15 is 0 Å². The summed E-state index contributed by atoms with van der Waals surface area (Å²) in [6.45, 7) is 3.73. The summed E-state index contributed by atoms with van der Waals surface area (Å²) < 4.78 is 13.5. The highest BCUT2D eigenvalue weighted by atomic mass is 16.5. The third-order valence-corrected chi connectivity index (χ3v) is 5.49. The molecule has 32 heavy (non-hydrogen) atoms. The molecule has 1 unspecified atom stereocenters. The summed E-state index contributed by atoms with van der Waals surface area (Å²) in [5.74, 6) is 2.46. The molecule has 2 aromatic heterocycles. The second-order valence-corrected chi connectivity index (χ2v) is 7.64. The fourth-order valence-electron chi connectivity index (χ4n) is 3.83. The van der Waals surface area contributed by atoms with Crippen LogP contribution in [0.15, 0.2) is 35.5 Å². The molecule has 0 aliphatic carbocycles. The fraction of sp³-hybridized carbons (Fsp3) is 0.429. The first-order valence-electron chi connectivity index (χ1n) is 10.7. The zero-order valence-corrected chi connectivity index (χ0v) is 18.4. The molecule has 1 aliphatic rings. The number of hydrogen-bond donors (Lipinski definition) is 3. The van der Waals surface area contributed by atoms with Crippen molar-refractivity contribution >= 4 is 11.6 Å². The molecule has 0 saturated carbocycles. The molecule has 0 bridgehead atoms. The molecule has 11 nitrogen and oxygen atoms in total. The molecule has 1 atom stereocenters. The number of hydrogen-bond acceptors (Lipinski definition) is 9. The Hall–Kier alpha value is -3.60. The van der Waals surface area contributed by atoms with Gasteiger partial charge in [-0.2, -0.15) is 0 Å². The van der Waals surface area contributed by atoms with Gasteiger partial charge in [0.2, 0.25) is 0 Å². The first-order valence-corrected chi connectivity index (χ1v) is 10.7. The van der Waals surface area contributed by atoms with Gasteiger partial charge in [0.05, 0.1) is 25.0 Å². The third kappa shape index (κ3) is 4.52. The Morgan fingerprint density at radius 1 is 1.22 bits per heavy atom. The number of H-pyrrole nitrogens is 1. The van der Waals surface area contributed by atoms with E-state index in [1.807, 2.05) is 35.4 Å². The van der Waals surface area contributed by atoms with E-state index in [-0.39, 0.29) is 12.8 Å². The molecule has 0 amide bonds. The van der Waals surface area contributed by atoms with Crippen LogP contribution in [0, 0.1) is 0 Å². The summed E-state index contributed by atoms with van der Waals surface area (Å²) in [5, 5.41) is 13.6. The van der Waals surface area contributed by atoms with Gasteiger partial charge in [-0.25, -0.2) is 10.1 Å². The van der Waals surface area contributed by atoms with Crippen LogP contribution in [0.1, 0.15) is 49.4 Å². The molecular formula is C21H29N9O2. The number of aromatic nitrogens is 5. The summed E-state index contributed by atoms with van der Waals surface area (Å²) in [6.07, 6.45) is 4.89. The first kappa shape index (κ1) is 21.6. The van der Waals surface area contributed by atoms with Crippen LogP contribution >= 0.6 is 0 Å². The largest absolute Gasteiger partial charge is 0.496 e. The van der Waals surface area contributed by atoms with Crippen LogP contribution < -0.4 is 20.9 Å². The quantitative estimate of drug-likeness (QED) is 0.407. The number of fused-ring (bicyclic) bond motifs is 1. The number of benzene rings is 1. The summed E-state index contributed by atoms with van der Waals surface area (Å²) in [5.41, 5.74) is 15.5. The van der Waals surface area contributed by atoms with Crippen molar-refractivity contribution in [2.45, 2.75) is 45.5 Å². The highest BCUT2D eigenvalue weighted by Gasteiger charge is 2.28. The summed E-state index contributed by atoms with van der Waals surface area (Å²) >= 11 is 0. The van der Waals surface area contributed by atoms with Gasteiger partial charge in [0.25, 0.3) is 0 Å². The predicted molar refractivity (Wildman–Crippen MR) is 119 cm³/mol. The summed E-state index contributed by atoms with van der Waals surface area (Å²) in [7, 11) is 1.65. The molecule has 4 rings (SSSR count). The zero-order chi connectivity index (χ0) is 22.5. The van der Waals surface area contributed by atoms with Crippen molar-refractivity contribution in [1.29, 1.82) is 0 Å². The van der Waals surface area contributed by atoms with E-state index in [1.54, 1.807) is 7.11 Å². The number of aliphatic imine (C=N–C) groups is 1. The van der Waals surface area contributed by atoms with Crippen molar-refractivity contribution in [3.8, 4) is 11.5 Å². The monoisotopic (exact) mass is 439 g/mol. The second kappa shape index (κ2) is 9.69. The molecule has 3 aromatic rings. The van der Waals surface area contributed by atoms with Gasteiger partial charge in [0.1, 0.15) is 24.3 Å². The van der Waals surface area contributed by atoms with Crippen LogP contribution in [0.25, 0.3) is 0 Å². The van der Waals surface area contributed by atoms with Gasteiger partial charge in [-0.05, 0) is 41.1 Å². The number of nitrogens with two attached hydrogens (primary N) is 2. The van der Waals surface area contributed by atoms with Gasteiger partial charge in [0, 0.05) is 18.3 Å². The SMILES string of the molecule is CCCCCN1C(N)=Nc2ccn(Cc3cc(OCc4nnn[nH]4)ccc3OC)c2C1N. The van der Waals surface area contributed by atoms with Gasteiger partial charge >= 0.3 is 0 Å². The van der Waals surface area contributed by atoms with Gasteiger partial charge in [0.15, 0.2) is 11.8 Å². The van der Waals surface area contributed by atoms with Gasteiger partial charge in [-0.1, -0.05) is 19.8 Å². The van der Waals surface area contributed by atoms with Crippen LogP contribution in [0.3, 0.4) is 0 Å². The highest BCUT2D eigenvalue weighted by Crippen LogP contribution is 2.34. The summed E-state index contributed by atoms with van der Waals surface area (Å²) in [4.78, 5) is 6.55. The standard InChI is InChI=1S/C21H29N9O2/c1-3-4-5-9-30-20(22)19-16(24-21(30)23)8-10-29(19)12-14-11-15(6-7-17(14)31-2)32-13-18-25-27-28-26-18/h6-8,10-11,20H,3-5,9,12-13,22H2,1-2H3,(H2,23,24)(H,25,26,27,28). The number of guanidine groups is 1. The lowest BCUT2D eigenvalue weighted by Gasteiger charge is -2.34. The Morgan fingerprint density at radius 3 is 2.84 bits per heavy atom. The lowest BCUT2D eigenvalue weighted by Crippen LogP contribution is -2.46. The Balaban J connectivity index is 1.55. The van der Waals surface area contributed by atoms with Crippen molar-refractivity contribution in [3.05, 3.63) is 47.5 Å². The Morgan fingerprint density at radius 2 is 2.09 bits per heavy atom. The molecular weight excluding hydrogens is 410 g/mol. The Labute approximate surface area is 186 Å². The molecule has 3 heterocycles. The van der Waals surface area contributed by atoms with Gasteiger partial charge in [-0.3, -0.25) is 0 Å². The van der Waals surface area contributed by atoms with Crippen LogP contribution in [0.5, 0.6) is 11.5 Å². The molecule has 1 aromatic carbocycles. The van der Waals surface area contributed by atoms with Crippen molar-refractivity contribution < 1.29 is 9.47 Å². The van der Waals surface area contributed by atoms with Crippen LogP contribution in [-0.2, 0) is 13.2 Å². The number of unbranched alkanes of at least 4 members (excludes halogenated alkanes) is 2. The second-order valence-electron chi connectivity index (χ2n) is 7.64. The Kier molecular flexibility index (Phi) is 6.55. The fourth-order valence-corrected chi connectivity index (χ4v) is 3.83. The van der Waals surface area contributed by atoms with Gasteiger partial charge < -0.3 is 30.4 Å². The van der Waals surface area contributed by atoms with E-state index in [0.717, 1.165) is 48.5 Å². The van der Waals surface area contributed by atoms with Crippen molar-refractivity contribution in [3.63, 3.8) is 0 Å². The van der Waals surface area contributed by atoms with Crippen LogP contribution in [-0.4, -0.2) is 49.7 Å². The van der Waals surface area contributed by atoms with E-state index in [2.05, 4.69) is 37.1 Å². The van der Waals surface area contributed by atoms with Crippen molar-refractivity contribution in [2.24, 2.45) is 16.5 Å². The number of nitrogens with zero attached hydrogens (tertiary/aromatic N) is 6. The molecule has 0 spiro atoms. The smallest absolute Gasteiger partial charge is 0.198 e. The molecule has 170 valence electrons. The lowest BCUT2D eigenvalue weighted by atomic mass is 10.1. The maximum Gasteiger partial charge on any atom is 0.198 e. The maximum absolute atomic E-state index is 6.63. The molecule has 0 saturated heterocycles. The normalized spacial score (nSPS) is 15.4. The van der Waals surface area contributed by atoms with E-state index < -0.39 is 0 Å². The van der Waals surface area contributed by atoms with E-state index in [1.165, 1.54) is 0 Å². The number of nitrogens with one attached hydrogen (secondary N) is 1. The number of tetrazole rings is 1. The first-order chi connectivity index (χ1) is 15.6. The summed E-state index contributed by atoms with van der Waals surface area (Å²) in [6, 6.07) is 7.62. The maximum atomic E-state index is 6.63. The number of ether oxygens (including phenoxy) is 2. The zero-order valence-electron chi connectivity index (χ0n) is 18.4. The molecule has 11 heteroatoms. The number of rotatable bonds is 10. The number of aromatic amines is 1. The average Bonchev–Trinajstić information content (AvgIpc) is 3.45. The third-order valence-electron chi connectivity index (χ3n) is 5.49. The molecule has 1 aliphatic heterocycles. The number of methoxy groups -OCH3 is 1. The molecule has 0 radical (unpaired) electrons. The van der Waals surface area contributed by atoms with E-state index in [9.17, 15) is 0 Å². The minimum absolute atomic E-state index is 0.239. The van der Waals surface area contributed by atoms with Crippen molar-refractivity contribution in [1.82, 2.24) is 30.1 Å². The van der Waals surface area contributed by atoms with E-state index in [0.29, 0.717) is 24.1 Å². The molecule has 5 N–H and O–H groups in total. The van der Waals surface area contributed by atoms with Crippen LogP contribution in [0.2, 0.25) is 0 Å². The topological polar surface area (TPSA) is 145 Å². The average molecular weight is 440 g/mol.